The van der Waals surface area contributed by atoms with E-state index in [1.54, 1.807) is 0 Å². The van der Waals surface area contributed by atoms with Gasteiger partial charge in [0.1, 0.15) is 0 Å². The molecule has 0 aliphatic heterocycles. The van der Waals surface area contributed by atoms with Gasteiger partial charge in [-0.15, -0.1) is 0 Å². The van der Waals surface area contributed by atoms with Gasteiger partial charge in [0, 0.05) is 6.04 Å². The summed E-state index contributed by atoms with van der Waals surface area (Å²) in [6.45, 7) is 0. The Morgan fingerprint density at radius 2 is 2.10 bits per heavy atom. The van der Waals surface area contributed by atoms with Crippen molar-refractivity contribution in [2.45, 2.75) is 37.8 Å². The summed E-state index contributed by atoms with van der Waals surface area (Å²) in [5.74, 6) is 0. The van der Waals surface area contributed by atoms with E-state index in [0.717, 1.165) is 25.7 Å². The van der Waals surface area contributed by atoms with Crippen LogP contribution >= 0.6 is 0 Å². The molecule has 0 aromatic rings. The lowest BCUT2D eigenvalue weighted by molar-refractivity contribution is 0.202. The highest BCUT2D eigenvalue weighted by Gasteiger charge is 2.07. The molecule has 1 rings (SSSR count). The summed E-state index contributed by atoms with van der Waals surface area (Å²) in [7, 11) is 0. The van der Waals surface area contributed by atoms with Crippen molar-refractivity contribution < 1.29 is 5.11 Å². The summed E-state index contributed by atoms with van der Waals surface area (Å²) >= 11 is 0. The van der Waals surface area contributed by atoms with E-state index in [1.165, 1.54) is 0 Å². The van der Waals surface area contributed by atoms with Crippen LogP contribution in [0, 0.1) is 0 Å². The van der Waals surface area contributed by atoms with Crippen molar-refractivity contribution in [2.24, 2.45) is 5.73 Å². The van der Waals surface area contributed by atoms with Gasteiger partial charge < -0.3 is 10.8 Å². The lowest BCUT2D eigenvalue weighted by atomic mass is 10.0. The summed E-state index contributed by atoms with van der Waals surface area (Å²) in [4.78, 5) is 0. The fourth-order valence-electron chi connectivity index (χ4n) is 1.19. The van der Waals surface area contributed by atoms with Crippen molar-refractivity contribution in [1.29, 1.82) is 0 Å². The second-order valence-electron chi connectivity index (χ2n) is 2.91. The highest BCUT2D eigenvalue weighted by Crippen LogP contribution is 2.10. The van der Waals surface area contributed by atoms with E-state index in [-0.39, 0.29) is 6.10 Å². The Kier molecular flexibility index (Phi) is 2.90. The third-order valence-electron chi connectivity index (χ3n) is 1.90. The lowest BCUT2D eigenvalue weighted by Crippen LogP contribution is -2.22. The molecular formula is C8H15NO. The maximum atomic E-state index is 9.19. The number of allylic oxidation sites excluding steroid dienone is 1. The molecule has 2 unspecified atom stereocenters. The number of hydrogen-bond donors (Lipinski definition) is 2. The van der Waals surface area contributed by atoms with E-state index in [4.69, 9.17) is 5.73 Å². The maximum absolute atomic E-state index is 9.19. The molecule has 0 heterocycles. The summed E-state index contributed by atoms with van der Waals surface area (Å²) < 4.78 is 0. The van der Waals surface area contributed by atoms with Gasteiger partial charge in [0.2, 0.25) is 0 Å². The van der Waals surface area contributed by atoms with Crippen molar-refractivity contribution in [2.75, 3.05) is 0 Å². The average molecular weight is 141 g/mol. The fraction of sp³-hybridized carbons (Fsp3) is 0.750. The Morgan fingerprint density at radius 3 is 2.90 bits per heavy atom. The van der Waals surface area contributed by atoms with E-state index in [2.05, 4.69) is 0 Å². The molecule has 58 valence electrons. The summed E-state index contributed by atoms with van der Waals surface area (Å²) in [5.41, 5.74) is 5.72. The minimum Gasteiger partial charge on any atom is -0.389 e. The van der Waals surface area contributed by atoms with Crippen LogP contribution in [-0.4, -0.2) is 17.3 Å². The van der Waals surface area contributed by atoms with Gasteiger partial charge in [-0.3, -0.25) is 0 Å². The van der Waals surface area contributed by atoms with Crippen LogP contribution in [0.1, 0.15) is 25.7 Å². The van der Waals surface area contributed by atoms with E-state index in [1.807, 2.05) is 12.2 Å². The minimum absolute atomic E-state index is 0.258. The number of aliphatic hydroxyl groups is 1. The molecule has 0 saturated heterocycles. The molecule has 0 spiro atoms. The number of rotatable bonds is 0. The van der Waals surface area contributed by atoms with E-state index >= 15 is 0 Å². The summed E-state index contributed by atoms with van der Waals surface area (Å²) in [6.07, 6.45) is 7.46. The standard InChI is InChI=1S/C8H15NO/c9-7-3-1-2-4-8(10)6-5-7/h2,4,7-8,10H,1,3,5-6,9H2/b4-2-. The van der Waals surface area contributed by atoms with Crippen LogP contribution in [0.15, 0.2) is 12.2 Å². The van der Waals surface area contributed by atoms with Gasteiger partial charge in [0.25, 0.3) is 0 Å². The molecule has 1 aliphatic rings. The number of aliphatic hydroxyl groups excluding tert-OH is 1. The lowest BCUT2D eigenvalue weighted by Gasteiger charge is -2.14. The molecule has 2 heteroatoms. The predicted molar refractivity (Wildman–Crippen MR) is 41.6 cm³/mol. The zero-order valence-electron chi connectivity index (χ0n) is 6.16. The second kappa shape index (κ2) is 3.74. The Labute approximate surface area is 61.7 Å². The zero-order chi connectivity index (χ0) is 7.40. The highest BCUT2D eigenvalue weighted by molar-refractivity contribution is 4.91. The Bertz CT molecular complexity index is 122. The van der Waals surface area contributed by atoms with E-state index in [9.17, 15) is 5.11 Å². The van der Waals surface area contributed by atoms with Crippen molar-refractivity contribution in [3.8, 4) is 0 Å². The Hall–Kier alpha value is -0.340. The molecule has 1 aliphatic carbocycles. The topological polar surface area (TPSA) is 46.2 Å². The van der Waals surface area contributed by atoms with Crippen LogP contribution in [0.25, 0.3) is 0 Å². The smallest absolute Gasteiger partial charge is 0.0721 e. The fourth-order valence-corrected chi connectivity index (χ4v) is 1.19. The maximum Gasteiger partial charge on any atom is 0.0721 e. The molecule has 0 radical (unpaired) electrons. The third-order valence-corrected chi connectivity index (χ3v) is 1.90. The van der Waals surface area contributed by atoms with Gasteiger partial charge >= 0.3 is 0 Å². The SMILES string of the molecule is NC1CC/C=C\C(O)CC1. The van der Waals surface area contributed by atoms with Gasteiger partial charge in [-0.25, -0.2) is 0 Å². The molecule has 10 heavy (non-hydrogen) atoms. The van der Waals surface area contributed by atoms with Gasteiger partial charge in [-0.05, 0) is 25.7 Å². The first-order valence-corrected chi connectivity index (χ1v) is 3.89. The van der Waals surface area contributed by atoms with Gasteiger partial charge in [-0.2, -0.15) is 0 Å². The summed E-state index contributed by atoms with van der Waals surface area (Å²) in [6, 6.07) is 0.291. The van der Waals surface area contributed by atoms with Crippen LogP contribution in [0.5, 0.6) is 0 Å². The second-order valence-corrected chi connectivity index (χ2v) is 2.91. The normalized spacial score (nSPS) is 38.2. The molecule has 0 bridgehead atoms. The van der Waals surface area contributed by atoms with E-state index < -0.39 is 0 Å². The first kappa shape index (κ1) is 7.76. The minimum atomic E-state index is -0.258. The molecule has 3 N–H and O–H groups in total. The van der Waals surface area contributed by atoms with E-state index in [0.29, 0.717) is 6.04 Å². The first-order chi connectivity index (χ1) is 4.79. The molecule has 0 aromatic carbocycles. The van der Waals surface area contributed by atoms with Crippen LogP contribution in [0.4, 0.5) is 0 Å². The monoisotopic (exact) mass is 141 g/mol. The molecular weight excluding hydrogens is 126 g/mol. The van der Waals surface area contributed by atoms with Crippen molar-refractivity contribution >= 4 is 0 Å². The van der Waals surface area contributed by atoms with Crippen molar-refractivity contribution in [1.82, 2.24) is 0 Å². The van der Waals surface area contributed by atoms with Crippen molar-refractivity contribution in [3.63, 3.8) is 0 Å². The number of hydrogen-bond acceptors (Lipinski definition) is 2. The van der Waals surface area contributed by atoms with Crippen LogP contribution in [0.3, 0.4) is 0 Å². The largest absolute Gasteiger partial charge is 0.389 e. The third kappa shape index (κ3) is 2.50. The van der Waals surface area contributed by atoms with Gasteiger partial charge in [-0.1, -0.05) is 12.2 Å². The zero-order valence-corrected chi connectivity index (χ0v) is 6.16. The van der Waals surface area contributed by atoms with Gasteiger partial charge in [0.05, 0.1) is 6.10 Å². The highest BCUT2D eigenvalue weighted by atomic mass is 16.3. The number of nitrogens with two attached hydrogens (primary N) is 1. The molecule has 0 fully saturated rings. The molecule has 2 atom stereocenters. The Morgan fingerprint density at radius 1 is 1.30 bits per heavy atom. The van der Waals surface area contributed by atoms with Crippen molar-refractivity contribution in [3.05, 3.63) is 12.2 Å². The Balaban J connectivity index is 2.38. The average Bonchev–Trinajstić information content (AvgIpc) is 1.90. The quantitative estimate of drug-likeness (QED) is 0.490. The molecule has 0 saturated carbocycles. The molecule has 2 nitrogen and oxygen atoms in total. The first-order valence-electron chi connectivity index (χ1n) is 3.89. The van der Waals surface area contributed by atoms with Gasteiger partial charge in [0.15, 0.2) is 0 Å². The summed E-state index contributed by atoms with van der Waals surface area (Å²) in [5, 5.41) is 9.19. The molecule has 0 aromatic heterocycles. The van der Waals surface area contributed by atoms with Crippen LogP contribution < -0.4 is 5.73 Å². The predicted octanol–water partition coefficient (Wildman–Crippen LogP) is 0.805. The van der Waals surface area contributed by atoms with Crippen LogP contribution in [0.2, 0.25) is 0 Å². The van der Waals surface area contributed by atoms with Crippen LogP contribution in [-0.2, 0) is 0 Å². The molecule has 0 amide bonds.